The van der Waals surface area contributed by atoms with E-state index in [2.05, 4.69) is 101 Å². The van der Waals surface area contributed by atoms with Crippen molar-refractivity contribution in [1.82, 2.24) is 14.9 Å². The molecule has 0 bridgehead atoms. The lowest BCUT2D eigenvalue weighted by Crippen LogP contribution is -2.51. The number of carbonyl (C=O) groups is 2. The number of hydrogen-bond donors (Lipinski definition) is 2. The molecule has 5 aliphatic rings. The van der Waals surface area contributed by atoms with Gasteiger partial charge in [0.05, 0.1) is 6.54 Å². The molecule has 0 radical (unpaired) electrons. The predicted molar refractivity (Wildman–Crippen MR) is 192 cm³/mol. The molecule has 1 aromatic rings. The molecule has 1 unspecified atom stereocenters. The number of anilines is 3. The van der Waals surface area contributed by atoms with E-state index in [0.717, 1.165) is 70.0 Å². The first-order chi connectivity index (χ1) is 21.9. The zero-order chi connectivity index (χ0) is 33.9. The fourth-order valence-corrected chi connectivity index (χ4v) is 9.46. The van der Waals surface area contributed by atoms with Gasteiger partial charge in [-0.2, -0.15) is 9.97 Å². The van der Waals surface area contributed by atoms with E-state index in [9.17, 15) is 9.59 Å². The molecule has 1 aromatic heterocycles. The summed E-state index contributed by atoms with van der Waals surface area (Å²) in [5.41, 5.74) is 2.61. The Bertz CT molecular complexity index is 1490. The van der Waals surface area contributed by atoms with Gasteiger partial charge in [-0.15, -0.1) is 0 Å². The number of piperazine rings is 1. The SMILES string of the molecule is CC1C[C@H]2[C@@H]3CCC4=CC(=O)C=C[C@]4(C)C3=CC[C@]2(C)[C@H]1C(=O)CN1CCN(c2cc(NCC(C)(C)C)nc(NC(C)(C)C)n2)CC1. The van der Waals surface area contributed by atoms with Crippen molar-refractivity contribution in [2.45, 2.75) is 93.5 Å². The van der Waals surface area contributed by atoms with Crippen LogP contribution >= 0.6 is 0 Å². The van der Waals surface area contributed by atoms with Crippen molar-refractivity contribution in [1.29, 1.82) is 0 Å². The number of rotatable bonds is 7. The second-order valence-electron chi connectivity index (χ2n) is 17.9. The molecule has 8 nitrogen and oxygen atoms in total. The van der Waals surface area contributed by atoms with Crippen molar-refractivity contribution in [2.24, 2.45) is 39.9 Å². The highest BCUT2D eigenvalue weighted by molar-refractivity contribution is 6.01. The smallest absolute Gasteiger partial charge is 0.227 e. The first-order valence-electron chi connectivity index (χ1n) is 18.0. The Morgan fingerprint density at radius 2 is 1.79 bits per heavy atom. The molecule has 6 atom stereocenters. The summed E-state index contributed by atoms with van der Waals surface area (Å²) in [6, 6.07) is 2.07. The van der Waals surface area contributed by atoms with Gasteiger partial charge in [0, 0.05) is 55.7 Å². The summed E-state index contributed by atoms with van der Waals surface area (Å²) in [6.07, 6.45) is 12.4. The molecule has 2 heterocycles. The van der Waals surface area contributed by atoms with E-state index in [0.29, 0.717) is 36.0 Å². The zero-order valence-electron chi connectivity index (χ0n) is 30.4. The molecule has 6 rings (SSSR count). The summed E-state index contributed by atoms with van der Waals surface area (Å²) in [6.45, 7) is 24.7. The highest BCUT2D eigenvalue weighted by atomic mass is 16.1. The third-order valence-corrected chi connectivity index (χ3v) is 11.7. The van der Waals surface area contributed by atoms with Crippen LogP contribution in [0.4, 0.5) is 17.6 Å². The lowest BCUT2D eigenvalue weighted by atomic mass is 9.52. The molecule has 256 valence electrons. The number of Topliss-reactive ketones (excluding diaryl/α,β-unsaturated/α-hetero) is 1. The molecular weight excluding hydrogens is 584 g/mol. The van der Waals surface area contributed by atoms with Gasteiger partial charge >= 0.3 is 0 Å². The number of aromatic nitrogens is 2. The molecule has 0 spiro atoms. The zero-order valence-corrected chi connectivity index (χ0v) is 30.4. The molecule has 0 amide bonds. The van der Waals surface area contributed by atoms with E-state index in [-0.39, 0.29) is 33.5 Å². The second-order valence-corrected chi connectivity index (χ2v) is 17.9. The van der Waals surface area contributed by atoms with Crippen LogP contribution in [0.5, 0.6) is 0 Å². The fourth-order valence-electron chi connectivity index (χ4n) is 9.46. The number of carbonyl (C=O) groups excluding carboxylic acids is 2. The number of hydrogen-bond acceptors (Lipinski definition) is 8. The van der Waals surface area contributed by atoms with E-state index >= 15 is 0 Å². The van der Waals surface area contributed by atoms with Crippen LogP contribution in [-0.2, 0) is 9.59 Å². The molecule has 8 heteroatoms. The summed E-state index contributed by atoms with van der Waals surface area (Å²) < 4.78 is 0. The fraction of sp³-hybridized carbons (Fsp3) is 0.692. The Morgan fingerprint density at radius 1 is 1.06 bits per heavy atom. The Morgan fingerprint density at radius 3 is 2.47 bits per heavy atom. The largest absolute Gasteiger partial charge is 0.369 e. The molecule has 1 aliphatic heterocycles. The van der Waals surface area contributed by atoms with Crippen LogP contribution < -0.4 is 15.5 Å². The number of allylic oxidation sites excluding steroid dienone is 6. The van der Waals surface area contributed by atoms with Crippen LogP contribution in [0.2, 0.25) is 0 Å². The van der Waals surface area contributed by atoms with E-state index in [4.69, 9.17) is 9.97 Å². The van der Waals surface area contributed by atoms with E-state index < -0.39 is 0 Å². The predicted octanol–water partition coefficient (Wildman–Crippen LogP) is 6.93. The van der Waals surface area contributed by atoms with Crippen LogP contribution in [0.25, 0.3) is 0 Å². The molecule has 3 fully saturated rings. The third-order valence-electron chi connectivity index (χ3n) is 11.7. The van der Waals surface area contributed by atoms with Gasteiger partial charge in [0.2, 0.25) is 5.95 Å². The molecule has 0 aromatic carbocycles. The van der Waals surface area contributed by atoms with E-state index in [1.165, 1.54) is 11.1 Å². The van der Waals surface area contributed by atoms with Gasteiger partial charge in [-0.3, -0.25) is 14.5 Å². The van der Waals surface area contributed by atoms with Gasteiger partial charge in [0.1, 0.15) is 11.6 Å². The van der Waals surface area contributed by atoms with Crippen molar-refractivity contribution in [3.8, 4) is 0 Å². The van der Waals surface area contributed by atoms with Gasteiger partial charge in [-0.25, -0.2) is 0 Å². The summed E-state index contributed by atoms with van der Waals surface area (Å²) in [4.78, 5) is 40.8. The minimum atomic E-state index is -0.149. The van der Waals surface area contributed by atoms with Gasteiger partial charge in [-0.05, 0) is 94.1 Å². The quantitative estimate of drug-likeness (QED) is 0.310. The van der Waals surface area contributed by atoms with Crippen LogP contribution in [-0.4, -0.2) is 71.2 Å². The topological polar surface area (TPSA) is 90.5 Å². The van der Waals surface area contributed by atoms with Crippen LogP contribution in [0.1, 0.15) is 88.0 Å². The number of fused-ring (bicyclic) bond motifs is 5. The second kappa shape index (κ2) is 12.2. The summed E-state index contributed by atoms with van der Waals surface area (Å²) in [5.74, 6) is 4.42. The minimum absolute atomic E-state index is 0.00780. The summed E-state index contributed by atoms with van der Waals surface area (Å²) in [5, 5.41) is 6.99. The maximum Gasteiger partial charge on any atom is 0.227 e. The highest BCUT2D eigenvalue weighted by Gasteiger charge is 2.59. The van der Waals surface area contributed by atoms with Gasteiger partial charge in [0.15, 0.2) is 11.6 Å². The van der Waals surface area contributed by atoms with Crippen molar-refractivity contribution < 1.29 is 9.59 Å². The van der Waals surface area contributed by atoms with Crippen molar-refractivity contribution in [2.75, 3.05) is 54.8 Å². The third kappa shape index (κ3) is 6.81. The normalized spacial score (nSPS) is 32.6. The van der Waals surface area contributed by atoms with Crippen molar-refractivity contribution in [3.05, 3.63) is 41.5 Å². The maximum absolute atomic E-state index is 14.2. The lowest BCUT2D eigenvalue weighted by molar-refractivity contribution is -0.129. The maximum atomic E-state index is 14.2. The molecule has 1 saturated heterocycles. The monoisotopic (exact) mass is 642 g/mol. The number of ketones is 2. The molecule has 47 heavy (non-hydrogen) atoms. The molecule has 2 N–H and O–H groups in total. The summed E-state index contributed by atoms with van der Waals surface area (Å²) in [7, 11) is 0. The van der Waals surface area contributed by atoms with Gasteiger partial charge < -0.3 is 15.5 Å². The number of nitrogens with one attached hydrogen (secondary N) is 2. The highest BCUT2D eigenvalue weighted by Crippen LogP contribution is 2.65. The average Bonchev–Trinajstić information content (AvgIpc) is 3.25. The Hall–Kier alpha value is -3.00. The van der Waals surface area contributed by atoms with Gasteiger partial charge in [0.25, 0.3) is 0 Å². The van der Waals surface area contributed by atoms with Crippen molar-refractivity contribution >= 4 is 29.2 Å². The molecular formula is C39H58N6O2. The Balaban J connectivity index is 1.12. The molecule has 4 aliphatic carbocycles. The Labute approximate surface area is 282 Å². The number of nitrogens with zero attached hydrogens (tertiary/aromatic N) is 4. The van der Waals surface area contributed by atoms with E-state index in [1.54, 1.807) is 6.08 Å². The van der Waals surface area contributed by atoms with Crippen molar-refractivity contribution in [3.63, 3.8) is 0 Å². The van der Waals surface area contributed by atoms with Crippen LogP contribution in [0, 0.1) is 39.9 Å². The van der Waals surface area contributed by atoms with Gasteiger partial charge in [-0.1, -0.05) is 57.9 Å². The minimum Gasteiger partial charge on any atom is -0.369 e. The average molecular weight is 643 g/mol. The first-order valence-corrected chi connectivity index (χ1v) is 18.0. The molecule has 2 saturated carbocycles. The first kappa shape index (κ1) is 33.9. The summed E-state index contributed by atoms with van der Waals surface area (Å²) >= 11 is 0. The van der Waals surface area contributed by atoms with Crippen LogP contribution in [0.15, 0.2) is 41.5 Å². The van der Waals surface area contributed by atoms with Crippen LogP contribution in [0.3, 0.4) is 0 Å². The Kier molecular flexibility index (Phi) is 8.76. The lowest BCUT2D eigenvalue weighted by Gasteiger charge is -2.52. The van der Waals surface area contributed by atoms with E-state index in [1.807, 2.05) is 6.08 Å². The standard InChI is InChI=1S/C39H58N6O2/c1-25-20-30-28-11-10-26-21-27(46)12-14-38(26,8)29(28)13-15-39(30,9)34(25)31(47)23-44-16-18-45(19-17-44)33-22-32(40-24-36(2,3)4)41-35(42-33)43-37(5,6)7/h12-14,21-22,25,28,30,34H,10-11,15-20,23-24H2,1-9H3,(H2,40,41,42,43)/t25?,28-,30+,34-,38+,39+/m1/s1.